The minimum Gasteiger partial charge on any atom is -0.456 e. The molecule has 3 heteroatoms. The van der Waals surface area contributed by atoms with Gasteiger partial charge in [-0.25, -0.2) is 0 Å². The third kappa shape index (κ3) is 4.16. The second-order valence-electron chi connectivity index (χ2n) is 14.1. The molecule has 12 rings (SSSR count). The molecule has 0 aliphatic rings. The third-order valence-electron chi connectivity index (χ3n) is 11.2. The Labute approximate surface area is 303 Å². The zero-order chi connectivity index (χ0) is 34.6. The van der Waals surface area contributed by atoms with Crippen LogP contribution in [0.4, 0.5) is 17.1 Å². The van der Waals surface area contributed by atoms with Gasteiger partial charge in [0, 0.05) is 27.5 Å². The van der Waals surface area contributed by atoms with Crippen LogP contribution in [0.15, 0.2) is 185 Å². The molecule has 0 unspecified atom stereocenters. The van der Waals surface area contributed by atoms with Crippen LogP contribution in [-0.2, 0) is 0 Å². The van der Waals surface area contributed by atoms with Crippen LogP contribution in [0.3, 0.4) is 0 Å². The Morgan fingerprint density at radius 2 is 0.811 bits per heavy atom. The number of hydrogen-bond donors (Lipinski definition) is 0. The fourth-order valence-corrected chi connectivity index (χ4v) is 8.74. The first kappa shape index (κ1) is 28.6. The van der Waals surface area contributed by atoms with Gasteiger partial charge in [0.1, 0.15) is 22.3 Å². The van der Waals surface area contributed by atoms with Crippen molar-refractivity contribution < 1.29 is 8.83 Å². The highest BCUT2D eigenvalue weighted by Gasteiger charge is 2.21. The molecule has 3 nitrogen and oxygen atoms in total. The van der Waals surface area contributed by atoms with E-state index in [1.807, 2.05) is 18.2 Å². The Morgan fingerprint density at radius 1 is 0.283 bits per heavy atom. The molecule has 0 saturated heterocycles. The van der Waals surface area contributed by atoms with E-state index in [9.17, 15) is 0 Å². The fraction of sp³-hybridized carbons (Fsp3) is 0. The number of para-hydroxylation sites is 2. The van der Waals surface area contributed by atoms with Gasteiger partial charge in [-0.1, -0.05) is 115 Å². The molecule has 0 fully saturated rings. The number of nitrogens with zero attached hydrogens (tertiary/aromatic N) is 1. The summed E-state index contributed by atoms with van der Waals surface area (Å²) in [6, 6.07) is 63.4. The molecule has 0 aliphatic carbocycles. The van der Waals surface area contributed by atoms with E-state index in [1.54, 1.807) is 0 Å². The van der Waals surface area contributed by atoms with Gasteiger partial charge in [0.05, 0.1) is 11.1 Å². The SMILES string of the molecule is c1ccc2c(c1)ccc1c3ccc(N(c4ccc5c(ccc6cc7oc8ccccc8c7cc65)c4)c4cccc5oc6ccccc6c45)cc3ccc21. The van der Waals surface area contributed by atoms with Crippen LogP contribution in [0.2, 0.25) is 0 Å². The maximum absolute atomic E-state index is 6.41. The molecule has 53 heavy (non-hydrogen) atoms. The van der Waals surface area contributed by atoms with Crippen molar-refractivity contribution in [3.05, 3.63) is 176 Å². The Hall–Kier alpha value is -7.10. The first-order valence-corrected chi connectivity index (χ1v) is 18.1. The van der Waals surface area contributed by atoms with Crippen molar-refractivity contribution in [3.63, 3.8) is 0 Å². The summed E-state index contributed by atoms with van der Waals surface area (Å²) in [5.41, 5.74) is 6.82. The van der Waals surface area contributed by atoms with E-state index in [0.29, 0.717) is 0 Å². The van der Waals surface area contributed by atoms with Gasteiger partial charge in [-0.3, -0.25) is 0 Å². The maximum Gasteiger partial charge on any atom is 0.137 e. The lowest BCUT2D eigenvalue weighted by atomic mass is 9.96. The first-order valence-electron chi connectivity index (χ1n) is 18.1. The number of rotatable bonds is 3. The van der Waals surface area contributed by atoms with E-state index < -0.39 is 0 Å². The molecule has 246 valence electrons. The average Bonchev–Trinajstić information content (AvgIpc) is 3.78. The van der Waals surface area contributed by atoms with Gasteiger partial charge < -0.3 is 13.7 Å². The Balaban J connectivity index is 1.10. The van der Waals surface area contributed by atoms with Crippen molar-refractivity contribution in [3.8, 4) is 0 Å². The van der Waals surface area contributed by atoms with Crippen LogP contribution in [0, 0.1) is 0 Å². The number of anilines is 3. The Kier molecular flexibility index (Phi) is 5.77. The molecule has 0 bridgehead atoms. The van der Waals surface area contributed by atoms with Crippen LogP contribution < -0.4 is 4.90 Å². The fourth-order valence-electron chi connectivity index (χ4n) is 8.74. The van der Waals surface area contributed by atoms with Crippen molar-refractivity contribution in [2.24, 2.45) is 0 Å². The van der Waals surface area contributed by atoms with Gasteiger partial charge >= 0.3 is 0 Å². The molecule has 0 atom stereocenters. The van der Waals surface area contributed by atoms with Crippen molar-refractivity contribution in [1.29, 1.82) is 0 Å². The monoisotopic (exact) mass is 675 g/mol. The normalized spacial score (nSPS) is 12.2. The summed E-state index contributed by atoms with van der Waals surface area (Å²) >= 11 is 0. The van der Waals surface area contributed by atoms with Gasteiger partial charge in [-0.2, -0.15) is 0 Å². The van der Waals surface area contributed by atoms with E-state index >= 15 is 0 Å². The standard InChI is InChI=1S/C50H29NO2/c1-2-9-36-30(8-1)18-22-40-37-24-20-34(27-32(37)19-23-39(36)40)51(45-12-7-15-48-50(45)42-11-4-6-14-47(42)52-48)35-21-25-38-31(26-35)16-17-33-28-49-44(29-43(33)38)41-10-3-5-13-46(41)53-49/h1-29H. The first-order chi connectivity index (χ1) is 26.2. The molecule has 0 aliphatic heterocycles. The van der Waals surface area contributed by atoms with Gasteiger partial charge in [0.2, 0.25) is 0 Å². The van der Waals surface area contributed by atoms with E-state index in [4.69, 9.17) is 8.83 Å². The lowest BCUT2D eigenvalue weighted by molar-refractivity contribution is 0.669. The molecular formula is C50H29NO2. The predicted octanol–water partition coefficient (Wildman–Crippen LogP) is 14.7. The maximum atomic E-state index is 6.41. The van der Waals surface area contributed by atoms with Gasteiger partial charge in [0.25, 0.3) is 0 Å². The number of benzene rings is 10. The highest BCUT2D eigenvalue weighted by Crippen LogP contribution is 2.45. The number of furan rings is 2. The lowest BCUT2D eigenvalue weighted by Gasteiger charge is -2.27. The molecule has 0 amide bonds. The van der Waals surface area contributed by atoms with Crippen molar-refractivity contribution in [2.75, 3.05) is 4.90 Å². The van der Waals surface area contributed by atoms with Crippen LogP contribution in [0.5, 0.6) is 0 Å². The predicted molar refractivity (Wildman–Crippen MR) is 223 cm³/mol. The second kappa shape index (κ2) is 10.7. The molecule has 2 heterocycles. The summed E-state index contributed by atoms with van der Waals surface area (Å²) in [5, 5.41) is 16.8. The largest absolute Gasteiger partial charge is 0.456 e. The molecule has 2 aromatic heterocycles. The summed E-state index contributed by atoms with van der Waals surface area (Å²) in [7, 11) is 0. The average molecular weight is 676 g/mol. The van der Waals surface area contributed by atoms with Crippen molar-refractivity contribution in [2.45, 2.75) is 0 Å². The highest BCUT2D eigenvalue weighted by atomic mass is 16.3. The van der Waals surface area contributed by atoms with Crippen LogP contribution in [0.1, 0.15) is 0 Å². The van der Waals surface area contributed by atoms with Gasteiger partial charge in [-0.05, 0) is 115 Å². The zero-order valence-corrected chi connectivity index (χ0v) is 28.5. The molecule has 0 spiro atoms. The minimum absolute atomic E-state index is 0.871. The summed E-state index contributed by atoms with van der Waals surface area (Å²) in [5.74, 6) is 0. The number of fused-ring (bicyclic) bond motifs is 14. The summed E-state index contributed by atoms with van der Waals surface area (Å²) in [6.45, 7) is 0. The Bertz CT molecular complexity index is 3480. The lowest BCUT2D eigenvalue weighted by Crippen LogP contribution is -2.10. The minimum atomic E-state index is 0.871. The molecule has 0 radical (unpaired) electrons. The third-order valence-corrected chi connectivity index (χ3v) is 11.2. The van der Waals surface area contributed by atoms with E-state index in [0.717, 1.165) is 66.3 Å². The van der Waals surface area contributed by atoms with Crippen molar-refractivity contribution in [1.82, 2.24) is 0 Å². The molecule has 0 saturated carbocycles. The summed E-state index contributed by atoms with van der Waals surface area (Å²) in [4.78, 5) is 2.39. The molecule has 10 aromatic carbocycles. The zero-order valence-electron chi connectivity index (χ0n) is 28.5. The molecule has 0 N–H and O–H groups in total. The van der Waals surface area contributed by atoms with Gasteiger partial charge in [0.15, 0.2) is 0 Å². The summed E-state index contributed by atoms with van der Waals surface area (Å²) < 4.78 is 12.7. The van der Waals surface area contributed by atoms with E-state index in [1.165, 1.54) is 48.5 Å². The van der Waals surface area contributed by atoms with Crippen LogP contribution >= 0.6 is 0 Å². The molecular weight excluding hydrogens is 647 g/mol. The van der Waals surface area contributed by atoms with Crippen molar-refractivity contribution >= 4 is 115 Å². The van der Waals surface area contributed by atoms with E-state index in [2.05, 4.69) is 163 Å². The van der Waals surface area contributed by atoms with Gasteiger partial charge in [-0.15, -0.1) is 0 Å². The Morgan fingerprint density at radius 3 is 1.58 bits per heavy atom. The number of hydrogen-bond acceptors (Lipinski definition) is 3. The smallest absolute Gasteiger partial charge is 0.137 e. The second-order valence-corrected chi connectivity index (χ2v) is 14.1. The van der Waals surface area contributed by atoms with Crippen LogP contribution in [0.25, 0.3) is 97.7 Å². The van der Waals surface area contributed by atoms with E-state index in [-0.39, 0.29) is 0 Å². The summed E-state index contributed by atoms with van der Waals surface area (Å²) in [6.07, 6.45) is 0. The highest BCUT2D eigenvalue weighted by molar-refractivity contribution is 6.20. The quantitative estimate of drug-likeness (QED) is 0.175. The molecule has 12 aromatic rings. The topological polar surface area (TPSA) is 29.5 Å². The van der Waals surface area contributed by atoms with Crippen LogP contribution in [-0.4, -0.2) is 0 Å².